The van der Waals surface area contributed by atoms with E-state index in [1.165, 1.54) is 10.1 Å². The SMILES string of the molecule is CCn1c2c(c(=O)n(Cc3ccccc3)c1=O)CN(Cc1ccc(Br)cc1)CC2. The third kappa shape index (κ3) is 4.14. The van der Waals surface area contributed by atoms with Crippen LogP contribution in [0.5, 0.6) is 0 Å². The van der Waals surface area contributed by atoms with Gasteiger partial charge in [-0.25, -0.2) is 4.79 Å². The summed E-state index contributed by atoms with van der Waals surface area (Å²) in [5.74, 6) is 0. The fourth-order valence-electron chi connectivity index (χ4n) is 4.02. The Hall–Kier alpha value is -2.44. The van der Waals surface area contributed by atoms with E-state index in [2.05, 4.69) is 33.0 Å². The molecule has 1 aromatic heterocycles. The Kier molecular flexibility index (Phi) is 5.83. The maximum absolute atomic E-state index is 13.3. The molecule has 0 unspecified atom stereocenters. The van der Waals surface area contributed by atoms with E-state index in [1.807, 2.05) is 49.4 Å². The molecule has 0 atom stereocenters. The van der Waals surface area contributed by atoms with Gasteiger partial charge in [-0.05, 0) is 30.2 Å². The van der Waals surface area contributed by atoms with Gasteiger partial charge in [-0.15, -0.1) is 0 Å². The number of hydrogen-bond donors (Lipinski definition) is 0. The average Bonchev–Trinajstić information content (AvgIpc) is 2.74. The van der Waals surface area contributed by atoms with Crippen LogP contribution in [0.2, 0.25) is 0 Å². The summed E-state index contributed by atoms with van der Waals surface area (Å²) >= 11 is 3.47. The fraction of sp³-hybridized carbons (Fsp3) is 0.304. The molecule has 0 amide bonds. The van der Waals surface area contributed by atoms with Crippen molar-refractivity contribution in [1.29, 1.82) is 0 Å². The summed E-state index contributed by atoms with van der Waals surface area (Å²) in [6, 6.07) is 17.9. The van der Waals surface area contributed by atoms with Crippen molar-refractivity contribution >= 4 is 15.9 Å². The minimum Gasteiger partial charge on any atom is -0.297 e. The molecule has 0 spiro atoms. The molecule has 1 aliphatic rings. The topological polar surface area (TPSA) is 47.2 Å². The molecular weight excluding hydrogens is 430 g/mol. The van der Waals surface area contributed by atoms with Crippen molar-refractivity contribution in [2.45, 2.75) is 39.5 Å². The molecule has 0 N–H and O–H groups in total. The van der Waals surface area contributed by atoms with Crippen LogP contribution in [0, 0.1) is 0 Å². The van der Waals surface area contributed by atoms with Crippen molar-refractivity contribution < 1.29 is 0 Å². The van der Waals surface area contributed by atoms with E-state index < -0.39 is 0 Å². The zero-order valence-electron chi connectivity index (χ0n) is 16.5. The van der Waals surface area contributed by atoms with Crippen molar-refractivity contribution in [3.63, 3.8) is 0 Å². The maximum atomic E-state index is 13.3. The van der Waals surface area contributed by atoms with Gasteiger partial charge in [-0.3, -0.25) is 18.8 Å². The third-order valence-electron chi connectivity index (χ3n) is 5.51. The highest BCUT2D eigenvalue weighted by molar-refractivity contribution is 9.10. The lowest BCUT2D eigenvalue weighted by Gasteiger charge is -2.30. The van der Waals surface area contributed by atoms with Crippen LogP contribution in [0.15, 0.2) is 68.7 Å². The fourth-order valence-corrected chi connectivity index (χ4v) is 4.29. The standard InChI is InChI=1S/C23H24BrN3O2/c1-2-26-21-12-13-25(14-18-8-10-19(24)11-9-18)16-20(21)22(28)27(23(26)29)15-17-6-4-3-5-7-17/h3-11H,2,12-16H2,1H3. The van der Waals surface area contributed by atoms with Gasteiger partial charge in [-0.1, -0.05) is 58.4 Å². The van der Waals surface area contributed by atoms with Crippen molar-refractivity contribution in [3.8, 4) is 0 Å². The molecule has 5 nitrogen and oxygen atoms in total. The predicted molar refractivity (Wildman–Crippen MR) is 118 cm³/mol. The molecule has 2 aromatic carbocycles. The lowest BCUT2D eigenvalue weighted by Crippen LogP contribution is -2.47. The third-order valence-corrected chi connectivity index (χ3v) is 6.03. The van der Waals surface area contributed by atoms with E-state index in [0.717, 1.165) is 40.8 Å². The maximum Gasteiger partial charge on any atom is 0.331 e. The van der Waals surface area contributed by atoms with Gasteiger partial charge < -0.3 is 0 Å². The summed E-state index contributed by atoms with van der Waals surface area (Å²) in [5, 5.41) is 0. The lowest BCUT2D eigenvalue weighted by atomic mass is 10.0. The van der Waals surface area contributed by atoms with E-state index in [-0.39, 0.29) is 11.2 Å². The van der Waals surface area contributed by atoms with E-state index in [0.29, 0.717) is 19.6 Å². The quantitative estimate of drug-likeness (QED) is 0.594. The number of benzene rings is 2. The molecule has 6 heteroatoms. The Morgan fingerprint density at radius 2 is 1.59 bits per heavy atom. The number of nitrogens with zero attached hydrogens (tertiary/aromatic N) is 3. The number of aromatic nitrogens is 2. The zero-order valence-corrected chi connectivity index (χ0v) is 18.1. The first kappa shape index (κ1) is 19.9. The van der Waals surface area contributed by atoms with Crippen LogP contribution in [-0.4, -0.2) is 20.6 Å². The Balaban J connectivity index is 1.68. The second-order valence-corrected chi connectivity index (χ2v) is 8.33. The van der Waals surface area contributed by atoms with Crippen LogP contribution in [0.3, 0.4) is 0 Å². The van der Waals surface area contributed by atoms with Gasteiger partial charge in [0, 0.05) is 42.8 Å². The summed E-state index contributed by atoms with van der Waals surface area (Å²) in [7, 11) is 0. The van der Waals surface area contributed by atoms with Gasteiger partial charge >= 0.3 is 5.69 Å². The van der Waals surface area contributed by atoms with Crippen LogP contribution in [0.25, 0.3) is 0 Å². The van der Waals surface area contributed by atoms with Crippen molar-refractivity contribution in [2.75, 3.05) is 6.54 Å². The normalized spacial score (nSPS) is 14.0. The van der Waals surface area contributed by atoms with Gasteiger partial charge in [0.25, 0.3) is 5.56 Å². The molecule has 0 radical (unpaired) electrons. The summed E-state index contributed by atoms with van der Waals surface area (Å²) < 4.78 is 4.22. The summed E-state index contributed by atoms with van der Waals surface area (Å²) in [6.45, 7) is 5.04. The van der Waals surface area contributed by atoms with Crippen LogP contribution in [0.1, 0.15) is 29.3 Å². The van der Waals surface area contributed by atoms with Gasteiger partial charge in [-0.2, -0.15) is 0 Å². The Bertz CT molecular complexity index is 1120. The monoisotopic (exact) mass is 453 g/mol. The van der Waals surface area contributed by atoms with E-state index in [9.17, 15) is 9.59 Å². The van der Waals surface area contributed by atoms with E-state index >= 15 is 0 Å². The van der Waals surface area contributed by atoms with Gasteiger partial charge in [0.2, 0.25) is 0 Å². The lowest BCUT2D eigenvalue weighted by molar-refractivity contribution is 0.236. The van der Waals surface area contributed by atoms with Crippen LogP contribution in [-0.2, 0) is 32.6 Å². The molecule has 150 valence electrons. The summed E-state index contributed by atoms with van der Waals surface area (Å²) in [6.07, 6.45) is 0.719. The van der Waals surface area contributed by atoms with Crippen LogP contribution in [0.4, 0.5) is 0 Å². The minimum absolute atomic E-state index is 0.154. The first-order valence-electron chi connectivity index (χ1n) is 9.93. The Labute approximate surface area is 178 Å². The highest BCUT2D eigenvalue weighted by Crippen LogP contribution is 2.19. The average molecular weight is 454 g/mol. The Morgan fingerprint density at radius 1 is 0.897 bits per heavy atom. The van der Waals surface area contributed by atoms with E-state index in [1.54, 1.807) is 4.57 Å². The van der Waals surface area contributed by atoms with Crippen molar-refractivity contribution in [2.24, 2.45) is 0 Å². The zero-order chi connectivity index (χ0) is 20.4. The number of halogens is 1. The van der Waals surface area contributed by atoms with Crippen molar-refractivity contribution in [1.82, 2.24) is 14.0 Å². The molecule has 1 aliphatic heterocycles. The second kappa shape index (κ2) is 8.51. The van der Waals surface area contributed by atoms with Gasteiger partial charge in [0.05, 0.1) is 12.1 Å². The predicted octanol–water partition coefficient (Wildman–Crippen LogP) is 3.40. The van der Waals surface area contributed by atoms with Crippen molar-refractivity contribution in [3.05, 3.63) is 102 Å². The molecule has 29 heavy (non-hydrogen) atoms. The number of rotatable bonds is 5. The second-order valence-electron chi connectivity index (χ2n) is 7.42. The Morgan fingerprint density at radius 3 is 2.28 bits per heavy atom. The van der Waals surface area contributed by atoms with E-state index in [4.69, 9.17) is 0 Å². The molecule has 4 rings (SSSR count). The molecule has 0 saturated carbocycles. The molecule has 0 aliphatic carbocycles. The molecule has 0 fully saturated rings. The smallest absolute Gasteiger partial charge is 0.297 e. The number of hydrogen-bond acceptors (Lipinski definition) is 3. The molecule has 2 heterocycles. The first-order valence-corrected chi connectivity index (χ1v) is 10.7. The van der Waals surface area contributed by atoms with Crippen LogP contribution >= 0.6 is 15.9 Å². The van der Waals surface area contributed by atoms with Gasteiger partial charge in [0.1, 0.15) is 0 Å². The highest BCUT2D eigenvalue weighted by Gasteiger charge is 2.25. The molecule has 0 bridgehead atoms. The first-order chi connectivity index (χ1) is 14.1. The van der Waals surface area contributed by atoms with Gasteiger partial charge in [0.15, 0.2) is 0 Å². The largest absolute Gasteiger partial charge is 0.331 e. The summed E-state index contributed by atoms with van der Waals surface area (Å²) in [4.78, 5) is 28.6. The molecule has 0 saturated heterocycles. The molecule has 3 aromatic rings. The molecular formula is C23H24BrN3O2. The van der Waals surface area contributed by atoms with Crippen LogP contribution < -0.4 is 11.2 Å². The summed E-state index contributed by atoms with van der Waals surface area (Å²) in [5.41, 5.74) is 3.46. The highest BCUT2D eigenvalue weighted by atomic mass is 79.9. The number of fused-ring (bicyclic) bond motifs is 1. The minimum atomic E-state index is -0.207.